The molecular formula is C24H18ClF3N10O4. The number of ether oxygens (including phenoxy) is 1. The molecule has 3 N–H and O–H groups in total. The van der Waals surface area contributed by atoms with E-state index < -0.39 is 29.9 Å². The zero-order valence-electron chi connectivity index (χ0n) is 21.5. The molecule has 0 atom stereocenters. The van der Waals surface area contributed by atoms with Crippen molar-refractivity contribution >= 4 is 35.2 Å². The molecule has 2 aromatic heterocycles. The molecule has 4 aromatic rings. The fourth-order valence-corrected chi connectivity index (χ4v) is 3.86. The van der Waals surface area contributed by atoms with Crippen LogP contribution in [0.5, 0.6) is 0 Å². The van der Waals surface area contributed by atoms with Crippen molar-refractivity contribution in [2.45, 2.75) is 19.6 Å². The van der Waals surface area contributed by atoms with E-state index in [1.54, 1.807) is 18.2 Å². The predicted octanol–water partition coefficient (Wildman–Crippen LogP) is 3.01. The minimum absolute atomic E-state index is 0.00983. The number of alkyl halides is 3. The standard InChI is InChI=1S/C24H18ClF3N10O4/c1-12-7-13(10-29)8-15(20(39)31-33-23(41)42-2)19(12)30-21(40)18-9-14(11-37-35-22(32-36-37)24(26,27)28)34-38(18)17-6-4-3-5-16(17)25/h3-9H,11H2,1-2H3,(H,30,40)(H,31,39)(H,33,41). The van der Waals surface area contributed by atoms with E-state index in [-0.39, 0.29) is 45.5 Å². The largest absolute Gasteiger partial charge is 0.455 e. The van der Waals surface area contributed by atoms with Crippen molar-refractivity contribution in [1.82, 2.24) is 40.8 Å². The van der Waals surface area contributed by atoms with Crippen LogP contribution in [0.4, 0.5) is 23.7 Å². The molecule has 2 heterocycles. The molecule has 0 aliphatic carbocycles. The van der Waals surface area contributed by atoms with Crippen LogP contribution in [-0.4, -0.2) is 55.0 Å². The van der Waals surface area contributed by atoms with E-state index in [0.29, 0.717) is 10.4 Å². The first-order valence-electron chi connectivity index (χ1n) is 11.6. The summed E-state index contributed by atoms with van der Waals surface area (Å²) in [5, 5.41) is 26.2. The van der Waals surface area contributed by atoms with E-state index in [4.69, 9.17) is 11.6 Å². The summed E-state index contributed by atoms with van der Waals surface area (Å²) in [7, 11) is 1.08. The van der Waals surface area contributed by atoms with E-state index in [9.17, 15) is 32.8 Å². The molecular weight excluding hydrogens is 585 g/mol. The lowest BCUT2D eigenvalue weighted by Gasteiger charge is -2.15. The molecule has 14 nitrogen and oxygen atoms in total. The molecule has 0 spiro atoms. The Labute approximate surface area is 239 Å². The number of hydrogen-bond donors (Lipinski definition) is 3. The zero-order valence-corrected chi connectivity index (χ0v) is 22.3. The normalized spacial score (nSPS) is 11.0. The lowest BCUT2D eigenvalue weighted by Crippen LogP contribution is -2.42. The average Bonchev–Trinajstić information content (AvgIpc) is 3.60. The molecule has 0 bridgehead atoms. The molecule has 0 radical (unpaired) electrons. The third-order valence-electron chi connectivity index (χ3n) is 5.49. The van der Waals surface area contributed by atoms with Gasteiger partial charge in [0.15, 0.2) is 0 Å². The van der Waals surface area contributed by atoms with E-state index in [2.05, 4.69) is 36.0 Å². The molecule has 0 aliphatic rings. The molecule has 3 amide bonds. The van der Waals surface area contributed by atoms with Gasteiger partial charge in [-0.2, -0.15) is 28.3 Å². The van der Waals surface area contributed by atoms with Crippen LogP contribution in [0.25, 0.3) is 5.69 Å². The van der Waals surface area contributed by atoms with Crippen molar-refractivity contribution in [2.75, 3.05) is 12.4 Å². The molecule has 0 unspecified atom stereocenters. The molecule has 18 heteroatoms. The Balaban J connectivity index is 1.73. The lowest BCUT2D eigenvalue weighted by atomic mass is 10.0. The third-order valence-corrected chi connectivity index (χ3v) is 5.81. The number of carbonyl (C=O) groups excluding carboxylic acids is 3. The molecule has 2 aromatic carbocycles. The van der Waals surface area contributed by atoms with Crippen molar-refractivity contribution in [3.63, 3.8) is 0 Å². The Kier molecular flexibility index (Phi) is 8.38. The second kappa shape index (κ2) is 11.9. The topological polar surface area (TPSA) is 182 Å². The summed E-state index contributed by atoms with van der Waals surface area (Å²) in [6, 6.07) is 12.1. The highest BCUT2D eigenvalue weighted by Gasteiger charge is 2.37. The highest BCUT2D eigenvalue weighted by Crippen LogP contribution is 2.27. The minimum atomic E-state index is -4.81. The summed E-state index contributed by atoms with van der Waals surface area (Å²) in [5.41, 5.74) is 4.54. The van der Waals surface area contributed by atoms with Crippen LogP contribution in [0.1, 0.15) is 43.5 Å². The van der Waals surface area contributed by atoms with Gasteiger partial charge in [-0.1, -0.05) is 23.7 Å². The predicted molar refractivity (Wildman–Crippen MR) is 137 cm³/mol. The summed E-state index contributed by atoms with van der Waals surface area (Å²) in [5.74, 6) is -3.14. The summed E-state index contributed by atoms with van der Waals surface area (Å²) in [6.45, 7) is 1.15. The number of aryl methyl sites for hydroxylation is 1. The average molecular weight is 603 g/mol. The highest BCUT2D eigenvalue weighted by molar-refractivity contribution is 6.32. The van der Waals surface area contributed by atoms with E-state index in [1.165, 1.54) is 31.2 Å². The van der Waals surface area contributed by atoms with Gasteiger partial charge in [-0.3, -0.25) is 15.0 Å². The number of para-hydroxylation sites is 1. The smallest absolute Gasteiger partial charge is 0.452 e. The number of rotatable bonds is 6. The number of amides is 3. The Hall–Kier alpha value is -5.50. The van der Waals surface area contributed by atoms with Gasteiger partial charge in [0.05, 0.1) is 46.4 Å². The summed E-state index contributed by atoms with van der Waals surface area (Å²) in [4.78, 5) is 38.5. The number of carbonyl (C=O) groups is 3. The summed E-state index contributed by atoms with van der Waals surface area (Å²) >= 11 is 6.33. The van der Waals surface area contributed by atoms with Crippen LogP contribution in [0.3, 0.4) is 0 Å². The summed E-state index contributed by atoms with van der Waals surface area (Å²) < 4.78 is 44.3. The van der Waals surface area contributed by atoms with E-state index in [1.807, 2.05) is 11.5 Å². The number of benzene rings is 2. The Bertz CT molecular complexity index is 1730. The van der Waals surface area contributed by atoms with Gasteiger partial charge >= 0.3 is 12.3 Å². The second-order valence-corrected chi connectivity index (χ2v) is 8.78. The number of hydrazine groups is 1. The van der Waals surface area contributed by atoms with Gasteiger partial charge in [-0.25, -0.2) is 14.9 Å². The van der Waals surface area contributed by atoms with Gasteiger partial charge in [0, 0.05) is 0 Å². The Morgan fingerprint density at radius 2 is 1.83 bits per heavy atom. The number of nitrogens with zero attached hydrogens (tertiary/aromatic N) is 7. The van der Waals surface area contributed by atoms with Gasteiger partial charge < -0.3 is 10.1 Å². The molecule has 0 saturated carbocycles. The maximum Gasteiger partial charge on any atom is 0.455 e. The number of methoxy groups -OCH3 is 1. The zero-order chi connectivity index (χ0) is 30.6. The van der Waals surface area contributed by atoms with Crippen molar-refractivity contribution in [3.8, 4) is 11.8 Å². The molecule has 0 aliphatic heterocycles. The van der Waals surface area contributed by atoms with Crippen LogP contribution in [0.15, 0.2) is 42.5 Å². The number of hydrogen-bond acceptors (Lipinski definition) is 9. The first-order valence-corrected chi connectivity index (χ1v) is 12.0. The first-order chi connectivity index (χ1) is 19.9. The van der Waals surface area contributed by atoms with E-state index >= 15 is 0 Å². The van der Waals surface area contributed by atoms with Gasteiger partial charge in [-0.05, 0) is 48.0 Å². The number of aromatic nitrogens is 6. The van der Waals surface area contributed by atoms with Crippen LogP contribution in [0.2, 0.25) is 5.02 Å². The number of nitrogens with one attached hydrogen (secondary N) is 3. The maximum absolute atomic E-state index is 13.6. The van der Waals surface area contributed by atoms with E-state index in [0.717, 1.165) is 11.8 Å². The van der Waals surface area contributed by atoms with Crippen LogP contribution >= 0.6 is 11.6 Å². The van der Waals surface area contributed by atoms with Crippen LogP contribution < -0.4 is 16.2 Å². The quantitative estimate of drug-likeness (QED) is 0.279. The minimum Gasteiger partial charge on any atom is -0.452 e. The van der Waals surface area contributed by atoms with Gasteiger partial charge in [0.25, 0.3) is 17.6 Å². The Morgan fingerprint density at radius 3 is 2.48 bits per heavy atom. The van der Waals surface area contributed by atoms with Gasteiger partial charge in [0.1, 0.15) is 12.2 Å². The van der Waals surface area contributed by atoms with Crippen LogP contribution in [0, 0.1) is 18.3 Å². The fraction of sp³-hybridized carbons (Fsp3) is 0.167. The maximum atomic E-state index is 13.6. The van der Waals surface area contributed by atoms with Crippen LogP contribution in [-0.2, 0) is 17.5 Å². The number of halogens is 4. The van der Waals surface area contributed by atoms with Gasteiger partial charge in [0.2, 0.25) is 0 Å². The molecule has 42 heavy (non-hydrogen) atoms. The molecule has 216 valence electrons. The monoisotopic (exact) mass is 602 g/mol. The number of nitriles is 1. The lowest BCUT2D eigenvalue weighted by molar-refractivity contribution is -0.145. The van der Waals surface area contributed by atoms with Gasteiger partial charge in [-0.15, -0.1) is 10.2 Å². The SMILES string of the molecule is COC(=O)NNC(=O)c1cc(C#N)cc(C)c1NC(=O)c1cc(Cn2nnc(C(F)(F)F)n2)nn1-c1ccccc1Cl. The Morgan fingerprint density at radius 1 is 1.10 bits per heavy atom. The highest BCUT2D eigenvalue weighted by atomic mass is 35.5. The molecule has 4 rings (SSSR count). The summed E-state index contributed by atoms with van der Waals surface area (Å²) in [6.07, 6.45) is -5.78. The molecule has 0 fully saturated rings. The third kappa shape index (κ3) is 6.45. The number of tetrazole rings is 1. The second-order valence-electron chi connectivity index (χ2n) is 8.38. The van der Waals surface area contributed by atoms with Crippen molar-refractivity contribution in [2.24, 2.45) is 0 Å². The molecule has 0 saturated heterocycles. The van der Waals surface area contributed by atoms with Crippen molar-refractivity contribution in [1.29, 1.82) is 5.26 Å². The van der Waals surface area contributed by atoms with Crippen molar-refractivity contribution in [3.05, 3.63) is 81.4 Å². The fourth-order valence-electron chi connectivity index (χ4n) is 3.65. The van der Waals surface area contributed by atoms with Crippen molar-refractivity contribution < 1.29 is 32.3 Å². The number of anilines is 1. The first kappa shape index (κ1) is 29.5.